The summed E-state index contributed by atoms with van der Waals surface area (Å²) < 4.78 is 5.62. The minimum absolute atomic E-state index is 0.0484. The lowest BCUT2D eigenvalue weighted by Gasteiger charge is -2.35. The number of amides is 2. The summed E-state index contributed by atoms with van der Waals surface area (Å²) in [5.74, 6) is -0.239. The number of benzene rings is 2. The first-order valence-corrected chi connectivity index (χ1v) is 10.4. The van der Waals surface area contributed by atoms with E-state index < -0.39 is 17.9 Å². The molecule has 3 rings (SSSR count). The summed E-state index contributed by atoms with van der Waals surface area (Å²) in [6.07, 6.45) is -1.11. The molecule has 1 saturated heterocycles. The van der Waals surface area contributed by atoms with Gasteiger partial charge in [-0.25, -0.2) is 9.69 Å². The zero-order valence-electron chi connectivity index (χ0n) is 19.0. The van der Waals surface area contributed by atoms with Crippen LogP contribution in [0.2, 0.25) is 0 Å². The van der Waals surface area contributed by atoms with Crippen molar-refractivity contribution in [1.82, 2.24) is 9.80 Å². The Balaban J connectivity index is 2.11. The number of aryl methyl sites for hydroxylation is 3. The van der Waals surface area contributed by atoms with Gasteiger partial charge in [0, 0.05) is 6.04 Å². The molecule has 0 bridgehead atoms. The fourth-order valence-electron chi connectivity index (χ4n) is 4.28. The molecule has 1 fully saturated rings. The van der Waals surface area contributed by atoms with Crippen molar-refractivity contribution in [1.29, 1.82) is 0 Å². The number of imide groups is 1. The smallest absolute Gasteiger partial charge is 0.418 e. The normalized spacial score (nSPS) is 18.6. The van der Waals surface area contributed by atoms with E-state index in [2.05, 4.69) is 43.0 Å². The van der Waals surface area contributed by atoms with Crippen LogP contribution in [0, 0.1) is 20.8 Å². The molecule has 5 heteroatoms. The summed E-state index contributed by atoms with van der Waals surface area (Å²) in [7, 11) is 0. The van der Waals surface area contributed by atoms with Gasteiger partial charge in [-0.3, -0.25) is 9.69 Å². The first-order valence-electron chi connectivity index (χ1n) is 10.4. The second-order valence-electron chi connectivity index (χ2n) is 9.19. The van der Waals surface area contributed by atoms with E-state index in [-0.39, 0.29) is 18.5 Å². The van der Waals surface area contributed by atoms with Crippen LogP contribution in [0.25, 0.3) is 0 Å². The van der Waals surface area contributed by atoms with E-state index in [9.17, 15) is 9.59 Å². The second kappa shape index (κ2) is 8.23. The average Bonchev–Trinajstić information content (AvgIpc) is 2.96. The van der Waals surface area contributed by atoms with E-state index in [1.165, 1.54) is 4.90 Å². The lowest BCUT2D eigenvalue weighted by atomic mass is 9.95. The maximum Gasteiger partial charge on any atom is 0.418 e. The number of hydrogen-bond donors (Lipinski definition) is 0. The summed E-state index contributed by atoms with van der Waals surface area (Å²) in [4.78, 5) is 29.6. The van der Waals surface area contributed by atoms with Crippen LogP contribution in [0.5, 0.6) is 0 Å². The van der Waals surface area contributed by atoms with E-state index in [0.717, 1.165) is 27.8 Å². The van der Waals surface area contributed by atoms with E-state index >= 15 is 0 Å². The number of hydrogen-bond acceptors (Lipinski definition) is 4. The summed E-state index contributed by atoms with van der Waals surface area (Å²) in [6, 6.07) is 14.2. The van der Waals surface area contributed by atoms with Crippen LogP contribution < -0.4 is 0 Å². The van der Waals surface area contributed by atoms with Crippen molar-refractivity contribution in [2.45, 2.75) is 66.3 Å². The summed E-state index contributed by atoms with van der Waals surface area (Å²) in [5, 5.41) is 0. The molecule has 30 heavy (non-hydrogen) atoms. The van der Waals surface area contributed by atoms with Crippen molar-refractivity contribution in [3.05, 3.63) is 70.3 Å². The lowest BCUT2D eigenvalue weighted by molar-refractivity contribution is -0.127. The van der Waals surface area contributed by atoms with Gasteiger partial charge in [0.2, 0.25) is 5.91 Å². The van der Waals surface area contributed by atoms with Crippen molar-refractivity contribution in [3.63, 3.8) is 0 Å². The van der Waals surface area contributed by atoms with Gasteiger partial charge in [-0.1, -0.05) is 48.0 Å². The van der Waals surface area contributed by atoms with Gasteiger partial charge < -0.3 is 4.74 Å². The minimum atomic E-state index is -0.683. The molecule has 0 N–H and O–H groups in total. The third kappa shape index (κ3) is 4.41. The first-order chi connectivity index (χ1) is 14.0. The molecule has 2 amide bonds. The lowest BCUT2D eigenvalue weighted by Crippen LogP contribution is -2.41. The Morgan fingerprint density at radius 3 is 2.17 bits per heavy atom. The van der Waals surface area contributed by atoms with E-state index in [1.54, 1.807) is 0 Å². The first kappa shape index (κ1) is 22.0. The summed E-state index contributed by atoms with van der Waals surface area (Å²) in [5.41, 5.74) is 4.68. The van der Waals surface area contributed by atoms with Crippen molar-refractivity contribution in [2.24, 2.45) is 0 Å². The van der Waals surface area contributed by atoms with E-state index in [1.807, 2.05) is 52.8 Å². The van der Waals surface area contributed by atoms with Gasteiger partial charge in [0.05, 0.1) is 6.54 Å². The Hall–Kier alpha value is -2.66. The topological polar surface area (TPSA) is 49.9 Å². The molecular weight excluding hydrogens is 376 g/mol. The molecule has 1 heterocycles. The van der Waals surface area contributed by atoms with Gasteiger partial charge in [0.1, 0.15) is 11.8 Å². The zero-order chi connectivity index (χ0) is 22.2. The third-order valence-electron chi connectivity index (χ3n) is 5.51. The molecule has 0 aliphatic carbocycles. The van der Waals surface area contributed by atoms with Gasteiger partial charge in [0.15, 0.2) is 0 Å². The molecule has 0 aromatic heterocycles. The van der Waals surface area contributed by atoms with Gasteiger partial charge in [-0.05, 0) is 70.7 Å². The number of nitrogens with zero attached hydrogens (tertiary/aromatic N) is 2. The van der Waals surface area contributed by atoms with Gasteiger partial charge in [-0.15, -0.1) is 0 Å². The fraction of sp³-hybridized carbons (Fsp3) is 0.440. The average molecular weight is 409 g/mol. The molecule has 0 radical (unpaired) electrons. The highest BCUT2D eigenvalue weighted by Gasteiger charge is 2.47. The third-order valence-corrected chi connectivity index (χ3v) is 5.51. The minimum Gasteiger partial charge on any atom is -0.443 e. The second-order valence-corrected chi connectivity index (χ2v) is 9.19. The van der Waals surface area contributed by atoms with Gasteiger partial charge in [-0.2, -0.15) is 0 Å². The molecule has 1 unspecified atom stereocenters. The molecule has 1 aliphatic rings. The summed E-state index contributed by atoms with van der Waals surface area (Å²) in [6.45, 7) is 13.8. The quantitative estimate of drug-likeness (QED) is 0.677. The van der Waals surface area contributed by atoms with Gasteiger partial charge in [0.25, 0.3) is 0 Å². The van der Waals surface area contributed by atoms with Crippen molar-refractivity contribution in [2.75, 3.05) is 6.54 Å². The van der Waals surface area contributed by atoms with Crippen LogP contribution in [0.3, 0.4) is 0 Å². The number of carbonyl (C=O) groups is 2. The molecule has 5 nitrogen and oxygen atoms in total. The molecule has 0 saturated carbocycles. The van der Waals surface area contributed by atoms with Crippen LogP contribution in [-0.4, -0.2) is 33.9 Å². The Morgan fingerprint density at radius 1 is 1.07 bits per heavy atom. The Morgan fingerprint density at radius 2 is 1.63 bits per heavy atom. The van der Waals surface area contributed by atoms with Crippen molar-refractivity contribution < 1.29 is 14.3 Å². The standard InChI is InChI=1S/C25H32N2O3/c1-16-13-17(2)22(18(3)14-16)23-26(19(4)20-11-9-8-10-12-20)15-21(28)27(23)24(29)30-25(5,6)7/h8-14,19,23H,15H2,1-7H3/t19-,23?/m1/s1. The SMILES string of the molecule is Cc1cc(C)c(C2N(C(=O)OC(C)(C)C)C(=O)CN2[C@H](C)c2ccccc2)c(C)c1. The van der Waals surface area contributed by atoms with Crippen molar-refractivity contribution >= 4 is 12.0 Å². The molecule has 2 atom stereocenters. The number of ether oxygens (including phenoxy) is 1. The molecule has 2 aromatic rings. The Labute approximate surface area is 179 Å². The predicted molar refractivity (Wildman–Crippen MR) is 118 cm³/mol. The maximum atomic E-state index is 13.1. The van der Waals surface area contributed by atoms with Crippen LogP contribution in [0.15, 0.2) is 42.5 Å². The Bertz CT molecular complexity index is 924. The molecule has 1 aliphatic heterocycles. The van der Waals surface area contributed by atoms with Crippen LogP contribution in [0.4, 0.5) is 4.79 Å². The van der Waals surface area contributed by atoms with Crippen molar-refractivity contribution in [3.8, 4) is 0 Å². The largest absolute Gasteiger partial charge is 0.443 e. The van der Waals surface area contributed by atoms with Crippen LogP contribution in [0.1, 0.15) is 67.7 Å². The number of carbonyl (C=O) groups excluding carboxylic acids is 2. The van der Waals surface area contributed by atoms with E-state index in [4.69, 9.17) is 4.74 Å². The molecule has 160 valence electrons. The molecule has 2 aromatic carbocycles. The number of rotatable bonds is 3. The highest BCUT2D eigenvalue weighted by atomic mass is 16.6. The highest BCUT2D eigenvalue weighted by Crippen LogP contribution is 2.41. The van der Waals surface area contributed by atoms with Gasteiger partial charge >= 0.3 is 6.09 Å². The monoisotopic (exact) mass is 408 g/mol. The van der Waals surface area contributed by atoms with Crippen LogP contribution in [-0.2, 0) is 9.53 Å². The fourth-order valence-corrected chi connectivity index (χ4v) is 4.28. The predicted octanol–water partition coefficient (Wildman–Crippen LogP) is 5.45. The summed E-state index contributed by atoms with van der Waals surface area (Å²) >= 11 is 0. The highest BCUT2D eigenvalue weighted by molar-refractivity contribution is 5.95. The molecular formula is C25H32N2O3. The zero-order valence-corrected chi connectivity index (χ0v) is 19.0. The van der Waals surface area contributed by atoms with Crippen LogP contribution >= 0.6 is 0 Å². The maximum absolute atomic E-state index is 13.1. The molecule has 0 spiro atoms. The Kier molecular flexibility index (Phi) is 6.04. The van der Waals surface area contributed by atoms with E-state index in [0.29, 0.717) is 0 Å².